The van der Waals surface area contributed by atoms with Crippen molar-refractivity contribution in [2.75, 3.05) is 36.9 Å². The predicted molar refractivity (Wildman–Crippen MR) is 63.3 cm³/mol. The normalized spacial score (nSPS) is 10.1. The van der Waals surface area contributed by atoms with E-state index in [0.29, 0.717) is 6.54 Å². The highest BCUT2D eigenvalue weighted by atomic mass is 15.2. The zero-order chi connectivity index (χ0) is 11.3. The van der Waals surface area contributed by atoms with Gasteiger partial charge < -0.3 is 16.0 Å². The monoisotopic (exact) mass is 209 g/mol. The molecule has 3 N–H and O–H groups in total. The van der Waals surface area contributed by atoms with Crippen molar-refractivity contribution in [1.29, 1.82) is 0 Å². The fourth-order valence-electron chi connectivity index (χ4n) is 1.33. The van der Waals surface area contributed by atoms with Crippen LogP contribution >= 0.6 is 0 Å². The third-order valence-corrected chi connectivity index (χ3v) is 2.04. The van der Waals surface area contributed by atoms with Gasteiger partial charge >= 0.3 is 0 Å². The Bertz CT molecular complexity index is 313. The Balaban J connectivity index is 2.87. The van der Waals surface area contributed by atoms with Gasteiger partial charge in [-0.25, -0.2) is 9.97 Å². The second-order valence-corrected chi connectivity index (χ2v) is 3.40. The van der Waals surface area contributed by atoms with Gasteiger partial charge in [0.25, 0.3) is 0 Å². The molecule has 0 spiro atoms. The van der Waals surface area contributed by atoms with Crippen molar-refractivity contribution in [1.82, 2.24) is 9.97 Å². The van der Waals surface area contributed by atoms with Crippen LogP contribution in [0.25, 0.3) is 0 Å². The van der Waals surface area contributed by atoms with Crippen LogP contribution in [0.2, 0.25) is 0 Å². The Kier molecular flexibility index (Phi) is 4.30. The van der Waals surface area contributed by atoms with Crippen LogP contribution < -0.4 is 16.0 Å². The van der Waals surface area contributed by atoms with Gasteiger partial charge in [0.1, 0.15) is 17.5 Å². The van der Waals surface area contributed by atoms with Gasteiger partial charge in [0.15, 0.2) is 0 Å². The minimum atomic E-state index is 0.621. The maximum atomic E-state index is 5.50. The Morgan fingerprint density at radius 2 is 2.20 bits per heavy atom. The Hall–Kier alpha value is -1.36. The number of aryl methyl sites for hydroxylation is 1. The summed E-state index contributed by atoms with van der Waals surface area (Å²) in [6.07, 6.45) is 0. The van der Waals surface area contributed by atoms with E-state index in [2.05, 4.69) is 15.3 Å². The highest BCUT2D eigenvalue weighted by Crippen LogP contribution is 2.13. The van der Waals surface area contributed by atoms with E-state index in [4.69, 9.17) is 5.73 Å². The fraction of sp³-hybridized carbons (Fsp3) is 0.600. The van der Waals surface area contributed by atoms with E-state index in [9.17, 15) is 0 Å². The van der Waals surface area contributed by atoms with Gasteiger partial charge in [-0.2, -0.15) is 0 Å². The number of hydrogen-bond acceptors (Lipinski definition) is 5. The molecule has 0 aliphatic heterocycles. The Morgan fingerprint density at radius 1 is 1.47 bits per heavy atom. The molecule has 0 atom stereocenters. The van der Waals surface area contributed by atoms with Crippen molar-refractivity contribution in [2.45, 2.75) is 13.8 Å². The van der Waals surface area contributed by atoms with Crippen LogP contribution in [-0.4, -0.2) is 36.6 Å². The van der Waals surface area contributed by atoms with Crippen molar-refractivity contribution < 1.29 is 0 Å². The summed E-state index contributed by atoms with van der Waals surface area (Å²) in [5.41, 5.74) is 5.50. The maximum absolute atomic E-state index is 5.50. The summed E-state index contributed by atoms with van der Waals surface area (Å²) < 4.78 is 0. The van der Waals surface area contributed by atoms with E-state index in [1.807, 2.05) is 31.9 Å². The van der Waals surface area contributed by atoms with Crippen LogP contribution in [0.5, 0.6) is 0 Å². The van der Waals surface area contributed by atoms with Crippen LogP contribution in [0.15, 0.2) is 6.07 Å². The van der Waals surface area contributed by atoms with Crippen molar-refractivity contribution >= 4 is 11.6 Å². The number of hydrogen-bond donors (Lipinski definition) is 2. The molecule has 1 heterocycles. The number of aromatic nitrogens is 2. The summed E-state index contributed by atoms with van der Waals surface area (Å²) in [4.78, 5) is 10.7. The van der Waals surface area contributed by atoms with Gasteiger partial charge in [-0.05, 0) is 13.8 Å². The number of likely N-dealkylation sites (N-methyl/N-ethyl adjacent to an activating group) is 1. The Labute approximate surface area is 90.7 Å². The van der Waals surface area contributed by atoms with Gasteiger partial charge in [-0.1, -0.05) is 0 Å². The molecule has 0 aromatic carbocycles. The highest BCUT2D eigenvalue weighted by molar-refractivity contribution is 5.48. The number of nitrogens with two attached hydrogens (primary N) is 1. The summed E-state index contributed by atoms with van der Waals surface area (Å²) in [6.45, 7) is 6.20. The molecule has 5 heteroatoms. The van der Waals surface area contributed by atoms with Crippen LogP contribution in [-0.2, 0) is 0 Å². The number of rotatable bonds is 5. The molecule has 0 unspecified atom stereocenters. The first-order chi connectivity index (χ1) is 7.17. The van der Waals surface area contributed by atoms with E-state index >= 15 is 0 Å². The van der Waals surface area contributed by atoms with Gasteiger partial charge in [0, 0.05) is 32.7 Å². The lowest BCUT2D eigenvalue weighted by atomic mass is 10.4. The zero-order valence-electron chi connectivity index (χ0n) is 9.62. The van der Waals surface area contributed by atoms with Gasteiger partial charge in [0.2, 0.25) is 0 Å². The zero-order valence-corrected chi connectivity index (χ0v) is 9.62. The van der Waals surface area contributed by atoms with Gasteiger partial charge in [0.05, 0.1) is 0 Å². The average Bonchev–Trinajstić information content (AvgIpc) is 2.17. The lowest BCUT2D eigenvalue weighted by Gasteiger charge is -2.18. The molecule has 0 aliphatic rings. The highest BCUT2D eigenvalue weighted by Gasteiger charge is 2.04. The summed E-state index contributed by atoms with van der Waals surface area (Å²) in [6, 6.07) is 1.94. The summed E-state index contributed by atoms with van der Waals surface area (Å²) in [5.74, 6) is 2.54. The van der Waals surface area contributed by atoms with E-state index in [1.165, 1.54) is 0 Å². The van der Waals surface area contributed by atoms with Crippen LogP contribution in [0.1, 0.15) is 12.7 Å². The standard InChI is InChI=1S/C10H19N5/c1-4-12-9-7-10(14-8(2)13-9)15(3)6-5-11/h7H,4-6,11H2,1-3H3,(H,12,13,14). The molecule has 15 heavy (non-hydrogen) atoms. The molecular formula is C10H19N5. The third-order valence-electron chi connectivity index (χ3n) is 2.04. The number of nitrogens with one attached hydrogen (secondary N) is 1. The third kappa shape index (κ3) is 3.36. The molecule has 5 nitrogen and oxygen atoms in total. The van der Waals surface area contributed by atoms with Crippen LogP contribution in [0, 0.1) is 6.92 Å². The molecule has 0 radical (unpaired) electrons. The molecule has 0 amide bonds. The summed E-state index contributed by atoms with van der Waals surface area (Å²) >= 11 is 0. The lowest BCUT2D eigenvalue weighted by Crippen LogP contribution is -2.26. The summed E-state index contributed by atoms with van der Waals surface area (Å²) in [7, 11) is 1.98. The molecule has 0 fully saturated rings. The van der Waals surface area contributed by atoms with Crippen molar-refractivity contribution in [3.05, 3.63) is 11.9 Å². The smallest absolute Gasteiger partial charge is 0.134 e. The molecule has 84 valence electrons. The molecule has 1 aromatic rings. The molecule has 0 aliphatic carbocycles. The second kappa shape index (κ2) is 5.50. The van der Waals surface area contributed by atoms with Gasteiger partial charge in [-0.15, -0.1) is 0 Å². The first-order valence-electron chi connectivity index (χ1n) is 5.18. The van der Waals surface area contributed by atoms with Gasteiger partial charge in [-0.3, -0.25) is 0 Å². The Morgan fingerprint density at radius 3 is 2.80 bits per heavy atom. The number of nitrogens with zero attached hydrogens (tertiary/aromatic N) is 3. The first kappa shape index (κ1) is 11.7. The fourth-order valence-corrected chi connectivity index (χ4v) is 1.33. The molecule has 0 bridgehead atoms. The molecule has 0 saturated carbocycles. The molecule has 1 rings (SSSR count). The SMILES string of the molecule is CCNc1cc(N(C)CCN)nc(C)n1. The predicted octanol–water partition coefficient (Wildman–Crippen LogP) is 0.612. The largest absolute Gasteiger partial charge is 0.370 e. The molecule has 0 saturated heterocycles. The van der Waals surface area contributed by atoms with E-state index in [1.54, 1.807) is 0 Å². The maximum Gasteiger partial charge on any atom is 0.134 e. The number of anilines is 2. The molecular weight excluding hydrogens is 190 g/mol. The minimum Gasteiger partial charge on any atom is -0.370 e. The lowest BCUT2D eigenvalue weighted by molar-refractivity contribution is 0.856. The van der Waals surface area contributed by atoms with E-state index in [0.717, 1.165) is 30.5 Å². The van der Waals surface area contributed by atoms with Crippen molar-refractivity contribution in [3.8, 4) is 0 Å². The van der Waals surface area contributed by atoms with Crippen molar-refractivity contribution in [3.63, 3.8) is 0 Å². The first-order valence-corrected chi connectivity index (χ1v) is 5.18. The quantitative estimate of drug-likeness (QED) is 0.744. The topological polar surface area (TPSA) is 67.1 Å². The average molecular weight is 209 g/mol. The summed E-state index contributed by atoms with van der Waals surface area (Å²) in [5, 5.41) is 3.18. The van der Waals surface area contributed by atoms with Crippen LogP contribution in [0.3, 0.4) is 0 Å². The second-order valence-electron chi connectivity index (χ2n) is 3.40. The van der Waals surface area contributed by atoms with Crippen LogP contribution in [0.4, 0.5) is 11.6 Å². The minimum absolute atomic E-state index is 0.621. The van der Waals surface area contributed by atoms with Crippen molar-refractivity contribution in [2.24, 2.45) is 5.73 Å². The molecule has 1 aromatic heterocycles. The van der Waals surface area contributed by atoms with E-state index < -0.39 is 0 Å². The van der Waals surface area contributed by atoms with E-state index in [-0.39, 0.29) is 0 Å².